The lowest BCUT2D eigenvalue weighted by molar-refractivity contribution is 0.335. The summed E-state index contributed by atoms with van der Waals surface area (Å²) in [6.07, 6.45) is 2.02. The second-order valence-corrected chi connectivity index (χ2v) is 6.23. The molecule has 25 heavy (non-hydrogen) atoms. The number of ether oxygens (including phenoxy) is 1. The molecule has 3 rings (SSSR count). The lowest BCUT2D eigenvalue weighted by Crippen LogP contribution is -2.15. The maximum Gasteiger partial charge on any atom is 0.166 e. The molecule has 5 nitrogen and oxygen atoms in total. The summed E-state index contributed by atoms with van der Waals surface area (Å²) in [5.74, 6) is -0.761. The maximum absolute atomic E-state index is 14.4. The number of benzene rings is 1. The minimum absolute atomic E-state index is 0.0354. The summed E-state index contributed by atoms with van der Waals surface area (Å²) in [6, 6.07) is 2.37. The molecule has 0 saturated heterocycles. The number of aromatic nitrogens is 2. The Bertz CT molecular complexity index is 807. The van der Waals surface area contributed by atoms with Gasteiger partial charge >= 0.3 is 0 Å². The van der Waals surface area contributed by atoms with Crippen molar-refractivity contribution in [3.8, 4) is 5.75 Å². The fraction of sp³-hybridized carbons (Fsp3) is 0.412. The van der Waals surface area contributed by atoms with Crippen molar-refractivity contribution in [2.24, 2.45) is 10.2 Å². The molecule has 0 unspecified atom stereocenters. The quantitative estimate of drug-likeness (QED) is 0.625. The molecule has 0 aliphatic heterocycles. The van der Waals surface area contributed by atoms with Crippen LogP contribution < -0.4 is 10.5 Å². The van der Waals surface area contributed by atoms with Crippen LogP contribution in [0.1, 0.15) is 48.2 Å². The van der Waals surface area contributed by atoms with Crippen molar-refractivity contribution < 1.29 is 13.5 Å². The van der Waals surface area contributed by atoms with E-state index in [1.165, 1.54) is 12.1 Å². The summed E-state index contributed by atoms with van der Waals surface area (Å²) in [7, 11) is 0. The van der Waals surface area contributed by atoms with Crippen LogP contribution in [0, 0.1) is 18.6 Å². The molecule has 134 valence electrons. The van der Waals surface area contributed by atoms with Crippen molar-refractivity contribution in [1.29, 1.82) is 0 Å². The molecule has 2 N–H and O–H groups in total. The Kier molecular flexibility index (Phi) is 4.94. The average Bonchev–Trinajstić information content (AvgIpc) is 3.34. The summed E-state index contributed by atoms with van der Waals surface area (Å²) in [6.45, 7) is 3.92. The molecule has 0 atom stereocenters. The largest absolute Gasteiger partial charge is 0.494 e. The van der Waals surface area contributed by atoms with E-state index in [4.69, 9.17) is 22.2 Å². The molecule has 2 aromatic rings. The van der Waals surface area contributed by atoms with Crippen LogP contribution in [0.4, 0.5) is 8.78 Å². The third-order valence-electron chi connectivity index (χ3n) is 4.27. The summed E-state index contributed by atoms with van der Waals surface area (Å²) >= 11 is 5.45. The van der Waals surface area contributed by atoms with Crippen molar-refractivity contribution in [3.05, 3.63) is 46.3 Å². The van der Waals surface area contributed by atoms with E-state index in [0.717, 1.165) is 24.1 Å². The van der Waals surface area contributed by atoms with E-state index in [2.05, 4.69) is 9.61 Å². The van der Waals surface area contributed by atoms with Gasteiger partial charge in [-0.25, -0.2) is 8.78 Å². The summed E-state index contributed by atoms with van der Waals surface area (Å²) < 4.78 is 39.0. The third-order valence-corrected chi connectivity index (χ3v) is 4.45. The van der Waals surface area contributed by atoms with Crippen LogP contribution in [0.3, 0.4) is 0 Å². The van der Waals surface area contributed by atoms with E-state index in [-0.39, 0.29) is 23.7 Å². The zero-order valence-corrected chi connectivity index (χ0v) is 14.8. The zero-order valence-electron chi connectivity index (χ0n) is 14.0. The Morgan fingerprint density at radius 1 is 1.40 bits per heavy atom. The Morgan fingerprint density at radius 2 is 2.04 bits per heavy atom. The molecule has 0 radical (unpaired) electrons. The predicted octanol–water partition coefficient (Wildman–Crippen LogP) is 3.65. The minimum Gasteiger partial charge on any atom is -0.494 e. The van der Waals surface area contributed by atoms with Gasteiger partial charge in [0.2, 0.25) is 0 Å². The molecule has 1 aromatic heterocycles. The monoisotopic (exact) mass is 368 g/mol. The van der Waals surface area contributed by atoms with E-state index in [0.29, 0.717) is 18.2 Å². The van der Waals surface area contributed by atoms with Gasteiger partial charge in [0, 0.05) is 46.6 Å². The van der Waals surface area contributed by atoms with Crippen LogP contribution in [-0.4, -0.2) is 22.2 Å². The van der Waals surface area contributed by atoms with Gasteiger partial charge in [-0.15, -0.1) is 0 Å². The van der Waals surface area contributed by atoms with Crippen LogP contribution in [0.15, 0.2) is 16.6 Å². The van der Waals surface area contributed by atoms with Crippen LogP contribution in [0.2, 0.25) is 0 Å². The first-order valence-corrected chi connectivity index (χ1v) is 8.42. The van der Waals surface area contributed by atoms with Gasteiger partial charge in [-0.1, -0.05) is 0 Å². The third kappa shape index (κ3) is 3.46. The standard InChI is InChI=1S/C17H19ClF2N4O/c1-3-25-11-6-13(19)12(14(20)7-11)8-24-16(10-4-5-10)9(2)15(23-24)17(21)22-18/h6-7,10H,3-5,8H2,1-2H3,(H2,21,22). The van der Waals surface area contributed by atoms with E-state index >= 15 is 0 Å². The summed E-state index contributed by atoms with van der Waals surface area (Å²) in [4.78, 5) is 0. The van der Waals surface area contributed by atoms with Gasteiger partial charge in [-0.3, -0.25) is 4.68 Å². The summed E-state index contributed by atoms with van der Waals surface area (Å²) in [5, 5.41) is 4.39. The fourth-order valence-corrected chi connectivity index (χ4v) is 3.05. The Hall–Kier alpha value is -2.15. The minimum atomic E-state index is -0.668. The van der Waals surface area contributed by atoms with Gasteiger partial charge in [0.05, 0.1) is 13.2 Å². The molecule has 0 bridgehead atoms. The Balaban J connectivity index is 2.01. The van der Waals surface area contributed by atoms with Gasteiger partial charge in [0.1, 0.15) is 23.1 Å². The lowest BCUT2D eigenvalue weighted by atomic mass is 10.1. The van der Waals surface area contributed by atoms with Crippen LogP contribution in [-0.2, 0) is 6.54 Å². The van der Waals surface area contributed by atoms with Gasteiger partial charge in [-0.05, 0) is 26.7 Å². The lowest BCUT2D eigenvalue weighted by Gasteiger charge is -2.11. The van der Waals surface area contributed by atoms with Gasteiger partial charge in [-0.2, -0.15) is 9.61 Å². The molecule has 1 saturated carbocycles. The number of nitrogens with two attached hydrogens (primary N) is 1. The van der Waals surface area contributed by atoms with Gasteiger partial charge in [0.25, 0.3) is 0 Å². The fourth-order valence-electron chi connectivity index (χ4n) is 2.97. The predicted molar refractivity (Wildman–Crippen MR) is 92.1 cm³/mol. The molecule has 1 fully saturated rings. The number of halogens is 3. The first-order chi connectivity index (χ1) is 12.0. The average molecular weight is 369 g/mol. The molecule has 1 heterocycles. The highest BCUT2D eigenvalue weighted by Gasteiger charge is 2.32. The topological polar surface area (TPSA) is 65.4 Å². The number of amidine groups is 1. The Labute approximate surface area is 149 Å². The first-order valence-electron chi connectivity index (χ1n) is 8.09. The molecule has 0 amide bonds. The van der Waals surface area contributed by atoms with Crippen LogP contribution in [0.5, 0.6) is 5.75 Å². The van der Waals surface area contributed by atoms with Crippen molar-refractivity contribution in [1.82, 2.24) is 9.78 Å². The normalized spacial score (nSPS) is 14.8. The number of nitrogens with zero attached hydrogens (tertiary/aromatic N) is 3. The first kappa shape index (κ1) is 17.7. The molecular formula is C17H19ClF2N4O. The highest BCUT2D eigenvalue weighted by Crippen LogP contribution is 2.42. The van der Waals surface area contributed by atoms with Crippen molar-refractivity contribution >= 4 is 17.6 Å². The number of rotatable bonds is 6. The van der Waals surface area contributed by atoms with E-state index in [9.17, 15) is 8.78 Å². The van der Waals surface area contributed by atoms with Crippen molar-refractivity contribution in [3.63, 3.8) is 0 Å². The highest BCUT2D eigenvalue weighted by atomic mass is 35.5. The summed E-state index contributed by atoms with van der Waals surface area (Å²) in [5.41, 5.74) is 7.93. The number of hydrogen-bond acceptors (Lipinski definition) is 3. The molecule has 1 aliphatic rings. The van der Waals surface area contributed by atoms with E-state index < -0.39 is 11.6 Å². The second-order valence-electron chi connectivity index (χ2n) is 6.06. The highest BCUT2D eigenvalue weighted by molar-refractivity contribution is 6.21. The van der Waals surface area contributed by atoms with Crippen molar-refractivity contribution in [2.75, 3.05) is 6.61 Å². The second kappa shape index (κ2) is 7.00. The molecule has 1 aliphatic carbocycles. The maximum atomic E-state index is 14.4. The van der Waals surface area contributed by atoms with E-state index in [1.54, 1.807) is 11.6 Å². The smallest absolute Gasteiger partial charge is 0.166 e. The van der Waals surface area contributed by atoms with Gasteiger partial charge in [0.15, 0.2) is 5.84 Å². The van der Waals surface area contributed by atoms with Crippen molar-refractivity contribution in [2.45, 2.75) is 39.2 Å². The number of hydrogen-bond donors (Lipinski definition) is 1. The molecule has 0 spiro atoms. The van der Waals surface area contributed by atoms with Gasteiger partial charge < -0.3 is 10.5 Å². The Morgan fingerprint density at radius 3 is 2.56 bits per heavy atom. The van der Waals surface area contributed by atoms with Crippen LogP contribution in [0.25, 0.3) is 0 Å². The molecular weight excluding hydrogens is 350 g/mol. The van der Waals surface area contributed by atoms with E-state index in [1.807, 2.05) is 6.92 Å². The zero-order chi connectivity index (χ0) is 18.1. The molecule has 1 aromatic carbocycles. The SMILES string of the molecule is CCOc1cc(F)c(Cn2nc(/C(N)=N/Cl)c(C)c2C2CC2)c(F)c1. The van der Waals surface area contributed by atoms with Crippen LogP contribution >= 0.6 is 11.8 Å². The molecule has 8 heteroatoms.